The average molecular weight is 397 g/mol. The molecule has 0 aliphatic heterocycles. The van der Waals surface area contributed by atoms with E-state index in [1.807, 2.05) is 29.6 Å². The highest BCUT2D eigenvalue weighted by molar-refractivity contribution is 7.99. The molecule has 0 spiro atoms. The van der Waals surface area contributed by atoms with Gasteiger partial charge < -0.3 is 0 Å². The Labute approximate surface area is 169 Å². The summed E-state index contributed by atoms with van der Waals surface area (Å²) in [7, 11) is 0. The Balaban J connectivity index is 1.67. The van der Waals surface area contributed by atoms with Crippen molar-refractivity contribution in [3.63, 3.8) is 0 Å². The van der Waals surface area contributed by atoms with Gasteiger partial charge in [-0.25, -0.2) is 4.98 Å². The van der Waals surface area contributed by atoms with Crippen LogP contribution in [0.4, 0.5) is 5.13 Å². The van der Waals surface area contributed by atoms with E-state index in [9.17, 15) is 4.79 Å². The van der Waals surface area contributed by atoms with E-state index in [0.29, 0.717) is 21.9 Å². The fourth-order valence-electron chi connectivity index (χ4n) is 2.63. The summed E-state index contributed by atoms with van der Waals surface area (Å²) in [5.74, 6) is 0.377. The predicted octanol–water partition coefficient (Wildman–Crippen LogP) is 6.69. The lowest BCUT2D eigenvalue weighted by molar-refractivity contribution is 0.102. The van der Waals surface area contributed by atoms with Crippen LogP contribution in [0.2, 0.25) is 0 Å². The number of aromatic nitrogens is 1. The summed E-state index contributed by atoms with van der Waals surface area (Å²) in [6, 6.07) is 16.1. The third kappa shape index (κ3) is 5.21. The molecule has 27 heavy (non-hydrogen) atoms. The van der Waals surface area contributed by atoms with Crippen LogP contribution in [-0.2, 0) is 0 Å². The van der Waals surface area contributed by atoms with Crippen molar-refractivity contribution in [3.8, 4) is 11.3 Å². The second-order valence-corrected chi connectivity index (χ2v) is 9.47. The molecule has 0 unspecified atom stereocenters. The van der Waals surface area contributed by atoms with Gasteiger partial charge in [0, 0.05) is 26.7 Å². The smallest absolute Gasteiger partial charge is 0.257 e. The third-order valence-electron chi connectivity index (χ3n) is 4.09. The van der Waals surface area contributed by atoms with Gasteiger partial charge in [0.15, 0.2) is 5.13 Å². The van der Waals surface area contributed by atoms with Gasteiger partial charge in [0.1, 0.15) is 0 Å². The van der Waals surface area contributed by atoms with Crippen LogP contribution in [0, 0.1) is 0 Å². The van der Waals surface area contributed by atoms with Crippen molar-refractivity contribution in [1.29, 1.82) is 0 Å². The Kier molecular flexibility index (Phi) is 6.34. The SMILES string of the molecule is CC(C)Sc1ccc(C(=O)Nc2nc(-c3ccc(C(C)C)cc3)cs2)cc1. The number of benzene rings is 2. The molecule has 2 aromatic carbocycles. The molecule has 3 nitrogen and oxygen atoms in total. The molecule has 5 heteroatoms. The summed E-state index contributed by atoms with van der Waals surface area (Å²) in [5.41, 5.74) is 3.89. The van der Waals surface area contributed by atoms with Crippen molar-refractivity contribution in [2.24, 2.45) is 0 Å². The van der Waals surface area contributed by atoms with Crippen molar-refractivity contribution in [1.82, 2.24) is 4.98 Å². The maximum Gasteiger partial charge on any atom is 0.257 e. The first-order chi connectivity index (χ1) is 12.9. The highest BCUT2D eigenvalue weighted by Crippen LogP contribution is 2.27. The van der Waals surface area contributed by atoms with Crippen molar-refractivity contribution in [3.05, 3.63) is 65.0 Å². The molecule has 0 saturated heterocycles. The number of amides is 1. The average Bonchev–Trinajstić information content (AvgIpc) is 3.10. The summed E-state index contributed by atoms with van der Waals surface area (Å²) in [5, 5.41) is 6.01. The van der Waals surface area contributed by atoms with E-state index < -0.39 is 0 Å². The van der Waals surface area contributed by atoms with Crippen LogP contribution in [-0.4, -0.2) is 16.1 Å². The van der Waals surface area contributed by atoms with Gasteiger partial charge in [-0.15, -0.1) is 23.1 Å². The van der Waals surface area contributed by atoms with Gasteiger partial charge in [0.25, 0.3) is 5.91 Å². The monoisotopic (exact) mass is 396 g/mol. The van der Waals surface area contributed by atoms with Gasteiger partial charge in [0.05, 0.1) is 5.69 Å². The van der Waals surface area contributed by atoms with Crippen molar-refractivity contribution in [2.45, 2.75) is 43.8 Å². The van der Waals surface area contributed by atoms with Crippen LogP contribution in [0.15, 0.2) is 58.8 Å². The van der Waals surface area contributed by atoms with Crippen LogP contribution >= 0.6 is 23.1 Å². The van der Waals surface area contributed by atoms with Gasteiger partial charge in [-0.3, -0.25) is 10.1 Å². The zero-order valence-corrected chi connectivity index (χ0v) is 17.7. The van der Waals surface area contributed by atoms with E-state index in [0.717, 1.165) is 11.3 Å². The maximum absolute atomic E-state index is 12.5. The molecule has 1 N–H and O–H groups in total. The molecule has 0 radical (unpaired) electrons. The number of anilines is 1. The lowest BCUT2D eigenvalue weighted by Crippen LogP contribution is -2.11. The zero-order chi connectivity index (χ0) is 19.4. The first kappa shape index (κ1) is 19.6. The molecule has 1 amide bonds. The summed E-state index contributed by atoms with van der Waals surface area (Å²) in [4.78, 5) is 18.2. The van der Waals surface area contributed by atoms with Crippen LogP contribution in [0.3, 0.4) is 0 Å². The van der Waals surface area contributed by atoms with Crippen LogP contribution in [0.1, 0.15) is 49.5 Å². The molecule has 140 valence electrons. The number of carbonyl (C=O) groups is 1. The van der Waals surface area contributed by atoms with Gasteiger partial charge in [0.2, 0.25) is 0 Å². The molecule has 0 saturated carbocycles. The first-order valence-corrected chi connectivity index (χ1v) is 10.8. The van der Waals surface area contributed by atoms with E-state index in [-0.39, 0.29) is 5.91 Å². The Morgan fingerprint density at radius 3 is 2.26 bits per heavy atom. The second kappa shape index (κ2) is 8.72. The zero-order valence-electron chi connectivity index (χ0n) is 16.0. The third-order valence-corrected chi connectivity index (χ3v) is 5.86. The molecule has 3 aromatic rings. The molecular weight excluding hydrogens is 372 g/mol. The predicted molar refractivity (Wildman–Crippen MR) is 117 cm³/mol. The molecular formula is C22H24N2OS2. The minimum Gasteiger partial charge on any atom is -0.298 e. The fourth-order valence-corrected chi connectivity index (χ4v) is 4.18. The number of rotatable bonds is 6. The normalized spacial score (nSPS) is 11.2. The van der Waals surface area contributed by atoms with E-state index in [1.54, 1.807) is 11.8 Å². The quantitative estimate of drug-likeness (QED) is 0.472. The van der Waals surface area contributed by atoms with E-state index in [1.165, 1.54) is 21.8 Å². The number of thioether (sulfide) groups is 1. The number of carbonyl (C=O) groups excluding carboxylic acids is 1. The number of nitrogens with one attached hydrogen (secondary N) is 1. The summed E-state index contributed by atoms with van der Waals surface area (Å²) < 4.78 is 0. The van der Waals surface area contributed by atoms with Gasteiger partial charge in [-0.1, -0.05) is 52.0 Å². The highest BCUT2D eigenvalue weighted by Gasteiger charge is 2.11. The Bertz CT molecular complexity index is 897. The van der Waals surface area contributed by atoms with Gasteiger partial charge in [-0.05, 0) is 35.7 Å². The molecule has 1 heterocycles. The molecule has 0 fully saturated rings. The number of hydrogen-bond acceptors (Lipinski definition) is 4. The molecule has 1 aromatic heterocycles. The lowest BCUT2D eigenvalue weighted by Gasteiger charge is -2.06. The number of thiazole rings is 1. The molecule has 3 rings (SSSR count). The Hall–Kier alpha value is -2.11. The van der Waals surface area contributed by atoms with E-state index >= 15 is 0 Å². The maximum atomic E-state index is 12.5. The second-order valence-electron chi connectivity index (χ2n) is 6.96. The van der Waals surface area contributed by atoms with E-state index in [2.05, 4.69) is 62.3 Å². The Morgan fingerprint density at radius 2 is 1.67 bits per heavy atom. The highest BCUT2D eigenvalue weighted by atomic mass is 32.2. The molecule has 0 aliphatic rings. The summed E-state index contributed by atoms with van der Waals surface area (Å²) in [6.45, 7) is 8.67. The van der Waals surface area contributed by atoms with Crippen LogP contribution in [0.5, 0.6) is 0 Å². The summed E-state index contributed by atoms with van der Waals surface area (Å²) >= 11 is 3.23. The number of nitrogens with zero attached hydrogens (tertiary/aromatic N) is 1. The topological polar surface area (TPSA) is 42.0 Å². The summed E-state index contributed by atoms with van der Waals surface area (Å²) in [6.07, 6.45) is 0. The van der Waals surface area contributed by atoms with Crippen molar-refractivity contribution >= 4 is 34.1 Å². The standard InChI is InChI=1S/C22H24N2OS2/c1-14(2)16-5-7-17(8-6-16)20-13-26-22(23-20)24-21(25)18-9-11-19(12-10-18)27-15(3)4/h5-15H,1-4H3,(H,23,24,25). The van der Waals surface area contributed by atoms with E-state index in [4.69, 9.17) is 0 Å². The van der Waals surface area contributed by atoms with Crippen molar-refractivity contribution < 1.29 is 4.79 Å². The number of hydrogen-bond donors (Lipinski definition) is 1. The fraction of sp³-hybridized carbons (Fsp3) is 0.273. The molecule has 0 aliphatic carbocycles. The molecule has 0 atom stereocenters. The molecule has 0 bridgehead atoms. The lowest BCUT2D eigenvalue weighted by atomic mass is 10.0. The van der Waals surface area contributed by atoms with Crippen LogP contribution in [0.25, 0.3) is 11.3 Å². The van der Waals surface area contributed by atoms with Gasteiger partial charge in [-0.2, -0.15) is 0 Å². The largest absolute Gasteiger partial charge is 0.298 e. The minimum atomic E-state index is -0.132. The van der Waals surface area contributed by atoms with Gasteiger partial charge >= 0.3 is 0 Å². The van der Waals surface area contributed by atoms with Crippen molar-refractivity contribution in [2.75, 3.05) is 5.32 Å². The first-order valence-electron chi connectivity index (χ1n) is 9.06. The minimum absolute atomic E-state index is 0.132. The van der Waals surface area contributed by atoms with Crippen LogP contribution < -0.4 is 5.32 Å². The Morgan fingerprint density at radius 1 is 1.00 bits per heavy atom.